The van der Waals surface area contributed by atoms with Crippen molar-refractivity contribution in [3.05, 3.63) is 56.7 Å². The van der Waals surface area contributed by atoms with Crippen LogP contribution in [0.1, 0.15) is 12.0 Å². The second-order valence-corrected chi connectivity index (χ2v) is 4.13. The number of benzene rings is 1. The van der Waals surface area contributed by atoms with Gasteiger partial charge in [0.25, 0.3) is 5.56 Å². The molecule has 0 radical (unpaired) electrons. The van der Waals surface area contributed by atoms with Gasteiger partial charge in [-0.3, -0.25) is 9.78 Å². The molecule has 1 heterocycles. The van der Waals surface area contributed by atoms with E-state index in [1.807, 2.05) is 6.07 Å². The first kappa shape index (κ1) is 13.1. The molecule has 0 aliphatic carbocycles. The summed E-state index contributed by atoms with van der Waals surface area (Å²) in [5.41, 5.74) is 0.0673. The smallest absolute Gasteiger partial charge is 0.335 e. The fourth-order valence-corrected chi connectivity index (χ4v) is 1.87. The largest absolute Gasteiger partial charge is 0.494 e. The van der Waals surface area contributed by atoms with Crippen LogP contribution in [0.2, 0.25) is 0 Å². The summed E-state index contributed by atoms with van der Waals surface area (Å²) in [5.74, 6) is -0.409. The van der Waals surface area contributed by atoms with E-state index in [-0.39, 0.29) is 6.61 Å². The van der Waals surface area contributed by atoms with Crippen molar-refractivity contribution in [1.29, 1.82) is 0 Å². The van der Waals surface area contributed by atoms with Gasteiger partial charge in [0.05, 0.1) is 11.8 Å². The lowest BCUT2D eigenvalue weighted by Crippen LogP contribution is -2.27. The zero-order valence-corrected chi connectivity index (χ0v) is 10.2. The predicted molar refractivity (Wildman–Crippen MR) is 69.7 cm³/mol. The van der Waals surface area contributed by atoms with Crippen LogP contribution in [0.4, 0.5) is 0 Å². The second kappa shape index (κ2) is 5.53. The van der Waals surface area contributed by atoms with Crippen molar-refractivity contribution in [2.45, 2.75) is 12.8 Å². The molecular weight excluding hydrogens is 248 g/mol. The summed E-state index contributed by atoms with van der Waals surface area (Å²) < 4.78 is 1.02. The van der Waals surface area contributed by atoms with Crippen LogP contribution in [-0.4, -0.2) is 26.4 Å². The number of aryl methyl sites for hydroxylation is 1. The van der Waals surface area contributed by atoms with Crippen LogP contribution in [0, 0.1) is 0 Å². The highest BCUT2D eigenvalue weighted by molar-refractivity contribution is 5.38. The van der Waals surface area contributed by atoms with Crippen LogP contribution in [0.25, 0.3) is 5.69 Å². The Morgan fingerprint density at radius 2 is 2.00 bits per heavy atom. The molecule has 0 aliphatic heterocycles. The number of hydrogen-bond acceptors (Lipinski definition) is 4. The van der Waals surface area contributed by atoms with E-state index in [4.69, 9.17) is 5.11 Å². The number of aromatic nitrogens is 2. The maximum Gasteiger partial charge on any atom is 0.335 e. The summed E-state index contributed by atoms with van der Waals surface area (Å²) in [6.45, 7) is 0.0914. The monoisotopic (exact) mass is 262 g/mol. The van der Waals surface area contributed by atoms with Crippen LogP contribution >= 0.6 is 0 Å². The molecule has 100 valence electrons. The molecule has 0 unspecified atom stereocenters. The first-order valence-electron chi connectivity index (χ1n) is 5.87. The number of aliphatic hydroxyl groups is 1. The Balaban J connectivity index is 2.48. The van der Waals surface area contributed by atoms with Crippen LogP contribution in [0.15, 0.2) is 39.9 Å². The number of aromatic amines is 1. The summed E-state index contributed by atoms with van der Waals surface area (Å²) in [4.78, 5) is 24.8. The molecule has 0 atom stereocenters. The van der Waals surface area contributed by atoms with Crippen molar-refractivity contribution in [2.24, 2.45) is 0 Å². The SMILES string of the molecule is O=c1cc(O)n(-c2cccc(CCCO)c2)c(=O)[nH]1. The van der Waals surface area contributed by atoms with Gasteiger partial charge >= 0.3 is 5.69 Å². The standard InChI is InChI=1S/C13H14N2O4/c16-6-2-4-9-3-1-5-10(7-9)15-12(18)8-11(17)14-13(15)19/h1,3,5,7-8,16,18H,2,4,6H2,(H,14,17,19). The highest BCUT2D eigenvalue weighted by Crippen LogP contribution is 2.14. The third-order valence-electron chi connectivity index (χ3n) is 2.71. The lowest BCUT2D eigenvalue weighted by molar-refractivity contribution is 0.288. The summed E-state index contributed by atoms with van der Waals surface area (Å²) in [5, 5.41) is 18.5. The molecule has 0 aliphatic rings. The highest BCUT2D eigenvalue weighted by atomic mass is 16.3. The van der Waals surface area contributed by atoms with Gasteiger partial charge in [0.15, 0.2) is 0 Å². The molecular formula is C13H14N2O4. The van der Waals surface area contributed by atoms with Crippen LogP contribution in [-0.2, 0) is 6.42 Å². The maximum atomic E-state index is 11.7. The van der Waals surface area contributed by atoms with Gasteiger partial charge in [-0.2, -0.15) is 0 Å². The van der Waals surface area contributed by atoms with E-state index in [1.54, 1.807) is 18.2 Å². The third kappa shape index (κ3) is 2.92. The van der Waals surface area contributed by atoms with E-state index in [9.17, 15) is 14.7 Å². The highest BCUT2D eigenvalue weighted by Gasteiger charge is 2.07. The molecule has 6 nitrogen and oxygen atoms in total. The summed E-state index contributed by atoms with van der Waals surface area (Å²) in [6, 6.07) is 7.95. The molecule has 1 aromatic carbocycles. The Bertz CT molecular complexity index is 688. The van der Waals surface area contributed by atoms with Crippen molar-refractivity contribution >= 4 is 0 Å². The molecule has 0 spiro atoms. The van der Waals surface area contributed by atoms with Gasteiger partial charge < -0.3 is 10.2 Å². The van der Waals surface area contributed by atoms with E-state index in [0.29, 0.717) is 18.5 Å². The Morgan fingerprint density at radius 3 is 2.68 bits per heavy atom. The van der Waals surface area contributed by atoms with Crippen molar-refractivity contribution in [3.63, 3.8) is 0 Å². The molecule has 0 saturated heterocycles. The third-order valence-corrected chi connectivity index (χ3v) is 2.71. The van der Waals surface area contributed by atoms with E-state index >= 15 is 0 Å². The number of hydrogen-bond donors (Lipinski definition) is 3. The summed E-state index contributed by atoms with van der Waals surface area (Å²) in [7, 11) is 0. The van der Waals surface area contributed by atoms with Crippen molar-refractivity contribution < 1.29 is 10.2 Å². The molecule has 2 aromatic rings. The van der Waals surface area contributed by atoms with Gasteiger partial charge in [-0.1, -0.05) is 12.1 Å². The number of nitrogens with zero attached hydrogens (tertiary/aromatic N) is 1. The van der Waals surface area contributed by atoms with E-state index in [1.165, 1.54) is 0 Å². The lowest BCUT2D eigenvalue weighted by Gasteiger charge is -2.09. The summed E-state index contributed by atoms with van der Waals surface area (Å²) in [6.07, 6.45) is 1.29. The molecule has 0 bridgehead atoms. The Hall–Kier alpha value is -2.34. The molecule has 0 saturated carbocycles. The molecule has 6 heteroatoms. The average molecular weight is 262 g/mol. The average Bonchev–Trinajstić information content (AvgIpc) is 2.35. The first-order chi connectivity index (χ1) is 9.11. The van der Waals surface area contributed by atoms with Gasteiger partial charge in [0.1, 0.15) is 0 Å². The molecule has 2 rings (SSSR count). The summed E-state index contributed by atoms with van der Waals surface area (Å²) >= 11 is 0. The minimum Gasteiger partial charge on any atom is -0.494 e. The van der Waals surface area contributed by atoms with Gasteiger partial charge in [0, 0.05) is 6.61 Å². The Morgan fingerprint density at radius 1 is 1.21 bits per heavy atom. The Labute approximate surface area is 108 Å². The first-order valence-corrected chi connectivity index (χ1v) is 5.87. The van der Waals surface area contributed by atoms with Crippen LogP contribution < -0.4 is 11.2 Å². The van der Waals surface area contributed by atoms with Crippen molar-refractivity contribution in [1.82, 2.24) is 9.55 Å². The molecule has 3 N–H and O–H groups in total. The van der Waals surface area contributed by atoms with Gasteiger partial charge in [-0.25, -0.2) is 9.36 Å². The van der Waals surface area contributed by atoms with Gasteiger partial charge in [-0.05, 0) is 30.5 Å². The molecule has 0 fully saturated rings. The van der Waals surface area contributed by atoms with Crippen LogP contribution in [0.3, 0.4) is 0 Å². The molecule has 0 amide bonds. The minimum atomic E-state index is -0.690. The normalized spacial score (nSPS) is 10.6. The van der Waals surface area contributed by atoms with E-state index < -0.39 is 17.1 Å². The van der Waals surface area contributed by atoms with E-state index in [2.05, 4.69) is 4.98 Å². The van der Waals surface area contributed by atoms with Gasteiger partial charge in [-0.15, -0.1) is 0 Å². The number of aromatic hydroxyl groups is 1. The molecule has 1 aromatic heterocycles. The van der Waals surface area contributed by atoms with Gasteiger partial charge in [0.2, 0.25) is 5.88 Å². The number of aliphatic hydroxyl groups excluding tert-OH is 1. The quantitative estimate of drug-likeness (QED) is 0.731. The fraction of sp³-hybridized carbons (Fsp3) is 0.231. The van der Waals surface area contributed by atoms with Crippen molar-refractivity contribution in [3.8, 4) is 11.6 Å². The minimum absolute atomic E-state index is 0.0914. The van der Waals surface area contributed by atoms with Crippen LogP contribution in [0.5, 0.6) is 5.88 Å². The fourth-order valence-electron chi connectivity index (χ4n) is 1.87. The molecule has 19 heavy (non-hydrogen) atoms. The second-order valence-electron chi connectivity index (χ2n) is 4.13. The topological polar surface area (TPSA) is 95.3 Å². The maximum absolute atomic E-state index is 11.7. The number of H-pyrrole nitrogens is 1. The zero-order valence-electron chi connectivity index (χ0n) is 10.2. The Kier molecular flexibility index (Phi) is 3.82. The predicted octanol–water partition coefficient (Wildman–Crippen LogP) is 0.156. The number of nitrogens with one attached hydrogen (secondary N) is 1. The zero-order chi connectivity index (χ0) is 13.8. The number of rotatable bonds is 4. The van der Waals surface area contributed by atoms with Crippen molar-refractivity contribution in [2.75, 3.05) is 6.61 Å². The van der Waals surface area contributed by atoms with E-state index in [0.717, 1.165) is 16.2 Å². The lowest BCUT2D eigenvalue weighted by atomic mass is 10.1.